The van der Waals surface area contributed by atoms with E-state index in [-0.39, 0.29) is 0 Å². The summed E-state index contributed by atoms with van der Waals surface area (Å²) in [5.41, 5.74) is 15.5. The predicted octanol–water partition coefficient (Wildman–Crippen LogP) is 15.6. The Labute approximate surface area is 369 Å². The number of hydrogen-bond donors (Lipinski definition) is 0. The Balaban J connectivity index is 1.03. The molecule has 3 aromatic heterocycles. The molecule has 0 bridgehead atoms. The fourth-order valence-corrected chi connectivity index (χ4v) is 9.82. The molecular formula is C60H38N4. The maximum atomic E-state index is 5.53. The lowest BCUT2D eigenvalue weighted by Gasteiger charge is -2.13. The normalized spacial score (nSPS) is 11.8. The number of hydrogen-bond acceptors (Lipinski definition) is 2. The van der Waals surface area contributed by atoms with Crippen LogP contribution < -0.4 is 0 Å². The molecule has 4 heteroatoms. The predicted molar refractivity (Wildman–Crippen MR) is 267 cm³/mol. The van der Waals surface area contributed by atoms with Crippen molar-refractivity contribution in [3.8, 4) is 56.3 Å². The van der Waals surface area contributed by atoms with E-state index in [4.69, 9.17) is 9.97 Å². The zero-order valence-electron chi connectivity index (χ0n) is 34.7. The van der Waals surface area contributed by atoms with Crippen molar-refractivity contribution >= 4 is 65.3 Å². The van der Waals surface area contributed by atoms with Gasteiger partial charge in [0.1, 0.15) is 0 Å². The Bertz CT molecular complexity index is 3940. The van der Waals surface area contributed by atoms with E-state index in [9.17, 15) is 0 Å². The average Bonchev–Trinajstić information content (AvgIpc) is 3.87. The standard InChI is InChI=1S/C60H38N4/c1-3-14-39(15-4-1)42-26-28-43(29-27-42)45-20-13-21-48(35-45)63-55-24-11-9-22-49(55)52-38-58-53(37-57(52)63)50-23-10-12-25-56(50)64(58)60-61-54-36-46(40-16-5-2-6-17-40)32-33-51(54)59(62-60)47-31-30-41-18-7-8-19-44(41)34-47/h1-38H. The quantitative estimate of drug-likeness (QED) is 0.168. The second-order valence-electron chi connectivity index (χ2n) is 16.6. The van der Waals surface area contributed by atoms with Crippen molar-refractivity contribution in [3.63, 3.8) is 0 Å². The minimum atomic E-state index is 0.640. The molecule has 13 rings (SSSR count). The van der Waals surface area contributed by atoms with Crippen molar-refractivity contribution in [1.82, 2.24) is 19.1 Å². The maximum absolute atomic E-state index is 5.53. The lowest BCUT2D eigenvalue weighted by molar-refractivity contribution is 1.01. The van der Waals surface area contributed by atoms with Gasteiger partial charge in [-0.05, 0) is 98.8 Å². The zero-order valence-corrected chi connectivity index (χ0v) is 34.7. The van der Waals surface area contributed by atoms with Crippen molar-refractivity contribution in [3.05, 3.63) is 231 Å². The van der Waals surface area contributed by atoms with E-state index in [1.54, 1.807) is 0 Å². The van der Waals surface area contributed by atoms with Gasteiger partial charge in [0, 0.05) is 38.2 Å². The molecular weight excluding hydrogens is 777 g/mol. The van der Waals surface area contributed by atoms with E-state index in [2.05, 4.69) is 240 Å². The molecule has 0 aliphatic rings. The molecule has 0 N–H and O–H groups in total. The number of para-hydroxylation sites is 2. The van der Waals surface area contributed by atoms with Crippen LogP contribution in [0.3, 0.4) is 0 Å². The van der Waals surface area contributed by atoms with Gasteiger partial charge in [-0.1, -0.05) is 176 Å². The topological polar surface area (TPSA) is 35.6 Å². The molecule has 64 heavy (non-hydrogen) atoms. The van der Waals surface area contributed by atoms with Crippen molar-refractivity contribution in [2.45, 2.75) is 0 Å². The highest BCUT2D eigenvalue weighted by Gasteiger charge is 2.21. The van der Waals surface area contributed by atoms with Crippen molar-refractivity contribution in [1.29, 1.82) is 0 Å². The molecule has 0 spiro atoms. The van der Waals surface area contributed by atoms with Gasteiger partial charge in [0.15, 0.2) is 0 Å². The third kappa shape index (κ3) is 5.84. The second kappa shape index (κ2) is 14.5. The number of fused-ring (bicyclic) bond motifs is 8. The van der Waals surface area contributed by atoms with Crippen molar-refractivity contribution in [2.75, 3.05) is 0 Å². The van der Waals surface area contributed by atoms with Crippen LogP contribution in [0.4, 0.5) is 0 Å². The Morgan fingerprint density at radius 2 is 0.781 bits per heavy atom. The minimum absolute atomic E-state index is 0.640. The molecule has 4 nitrogen and oxygen atoms in total. The van der Waals surface area contributed by atoms with Gasteiger partial charge < -0.3 is 4.57 Å². The van der Waals surface area contributed by atoms with Gasteiger partial charge in [-0.25, -0.2) is 9.97 Å². The smallest absolute Gasteiger partial charge is 0.235 e. The Morgan fingerprint density at radius 3 is 1.50 bits per heavy atom. The third-order valence-corrected chi connectivity index (χ3v) is 12.9. The van der Waals surface area contributed by atoms with Crippen LogP contribution in [-0.2, 0) is 0 Å². The first kappa shape index (κ1) is 36.1. The summed E-state index contributed by atoms with van der Waals surface area (Å²) in [5, 5.41) is 8.05. The number of benzene rings is 10. The molecule has 13 aromatic rings. The second-order valence-corrected chi connectivity index (χ2v) is 16.6. The molecule has 0 saturated carbocycles. The van der Waals surface area contributed by atoms with Gasteiger partial charge in [0.2, 0.25) is 5.95 Å². The zero-order chi connectivity index (χ0) is 42.1. The fourth-order valence-electron chi connectivity index (χ4n) is 9.82. The van der Waals surface area contributed by atoms with Gasteiger partial charge in [-0.2, -0.15) is 0 Å². The summed E-state index contributed by atoms with van der Waals surface area (Å²) >= 11 is 0. The molecule has 0 radical (unpaired) electrons. The number of aromatic nitrogens is 4. The number of rotatable bonds is 6. The van der Waals surface area contributed by atoms with Crippen LogP contribution in [-0.4, -0.2) is 19.1 Å². The SMILES string of the molecule is c1ccc(-c2ccc(-c3cccc(-n4c5ccccc5c5cc6c(cc54)c4ccccc4n6-c4nc(-c5ccc6ccccc6c5)c5ccc(-c6ccccc6)cc5n4)c3)cc2)cc1. The van der Waals surface area contributed by atoms with E-state index in [1.807, 2.05) is 0 Å². The van der Waals surface area contributed by atoms with Gasteiger partial charge in [-0.15, -0.1) is 0 Å². The van der Waals surface area contributed by atoms with Gasteiger partial charge >= 0.3 is 0 Å². The molecule has 0 aliphatic carbocycles. The minimum Gasteiger partial charge on any atom is -0.309 e. The molecule has 298 valence electrons. The molecule has 0 aliphatic heterocycles. The molecule has 0 fully saturated rings. The highest BCUT2D eigenvalue weighted by Crippen LogP contribution is 2.41. The summed E-state index contributed by atoms with van der Waals surface area (Å²) in [4.78, 5) is 11.0. The number of nitrogens with zero attached hydrogens (tertiary/aromatic N) is 4. The van der Waals surface area contributed by atoms with Crippen LogP contribution in [0.15, 0.2) is 231 Å². The lowest BCUT2D eigenvalue weighted by Crippen LogP contribution is -2.03. The van der Waals surface area contributed by atoms with E-state index in [0.717, 1.165) is 71.8 Å². The lowest BCUT2D eigenvalue weighted by atomic mass is 9.99. The molecule has 0 atom stereocenters. The summed E-state index contributed by atoms with van der Waals surface area (Å²) in [6, 6.07) is 82.8. The van der Waals surface area contributed by atoms with Gasteiger partial charge in [-0.3, -0.25) is 4.57 Å². The van der Waals surface area contributed by atoms with E-state index in [0.29, 0.717) is 5.95 Å². The summed E-state index contributed by atoms with van der Waals surface area (Å²) < 4.78 is 4.70. The largest absolute Gasteiger partial charge is 0.309 e. The van der Waals surface area contributed by atoms with Gasteiger partial charge in [0.05, 0.1) is 33.3 Å². The van der Waals surface area contributed by atoms with Crippen LogP contribution in [0.2, 0.25) is 0 Å². The van der Waals surface area contributed by atoms with Crippen molar-refractivity contribution < 1.29 is 0 Å². The summed E-state index contributed by atoms with van der Waals surface area (Å²) in [5.74, 6) is 0.640. The first-order valence-electron chi connectivity index (χ1n) is 21.8. The molecule has 10 aromatic carbocycles. The molecule has 3 heterocycles. The first-order chi connectivity index (χ1) is 31.7. The summed E-state index contributed by atoms with van der Waals surface area (Å²) in [7, 11) is 0. The highest BCUT2D eigenvalue weighted by molar-refractivity contribution is 6.19. The van der Waals surface area contributed by atoms with Crippen LogP contribution >= 0.6 is 0 Å². The van der Waals surface area contributed by atoms with E-state index >= 15 is 0 Å². The Kier molecular flexibility index (Phi) is 8.18. The molecule has 0 unspecified atom stereocenters. The van der Waals surface area contributed by atoms with Crippen LogP contribution in [0.5, 0.6) is 0 Å². The summed E-state index contributed by atoms with van der Waals surface area (Å²) in [6.07, 6.45) is 0. The molecule has 0 amide bonds. The Morgan fingerprint density at radius 1 is 0.266 bits per heavy atom. The van der Waals surface area contributed by atoms with E-state index in [1.165, 1.54) is 43.8 Å². The fraction of sp³-hybridized carbons (Fsp3) is 0. The average molecular weight is 815 g/mol. The third-order valence-electron chi connectivity index (χ3n) is 12.9. The van der Waals surface area contributed by atoms with Gasteiger partial charge in [0.25, 0.3) is 0 Å². The van der Waals surface area contributed by atoms with Crippen LogP contribution in [0, 0.1) is 0 Å². The monoisotopic (exact) mass is 814 g/mol. The highest BCUT2D eigenvalue weighted by atomic mass is 15.2. The van der Waals surface area contributed by atoms with Crippen LogP contribution in [0.25, 0.3) is 122 Å². The maximum Gasteiger partial charge on any atom is 0.235 e. The first-order valence-corrected chi connectivity index (χ1v) is 21.8. The van der Waals surface area contributed by atoms with Crippen LogP contribution in [0.1, 0.15) is 0 Å². The van der Waals surface area contributed by atoms with E-state index < -0.39 is 0 Å². The Hall–Kier alpha value is -8.60. The van der Waals surface area contributed by atoms with Crippen molar-refractivity contribution in [2.24, 2.45) is 0 Å². The molecule has 0 saturated heterocycles. The summed E-state index contributed by atoms with van der Waals surface area (Å²) in [6.45, 7) is 0.